The number of hydrogen-bond donors (Lipinski definition) is 0. The number of carbonyl (C=O) groups is 1. The summed E-state index contributed by atoms with van der Waals surface area (Å²) in [4.78, 5) is 31.9. The number of pyridine rings is 1. The number of morpholine rings is 1. The molecule has 0 N–H and O–H groups in total. The summed E-state index contributed by atoms with van der Waals surface area (Å²) in [6.45, 7) is 16.6. The first-order valence-corrected chi connectivity index (χ1v) is 19.2. The lowest BCUT2D eigenvalue weighted by molar-refractivity contribution is 0.0166. The SMILES string of the molecule is Cc1ccc(S(=O)(=O)n2ccc3c(-c4nc(-c5c(C)nn(C6CCCN(C(=O)OC(C)(C)C)C6)c5C)cc(N5CCOC[C@H]5C)n4)ccnc32)cc1. The van der Waals surface area contributed by atoms with Crippen LogP contribution < -0.4 is 4.90 Å². The van der Waals surface area contributed by atoms with Crippen LogP contribution in [0.15, 0.2) is 59.8 Å². The molecule has 0 saturated carbocycles. The molecule has 0 radical (unpaired) electrons. The second-order valence-corrected chi connectivity index (χ2v) is 16.6. The number of likely N-dealkylation sites (tertiary alicyclic amines) is 1. The second-order valence-electron chi connectivity index (χ2n) is 14.8. The smallest absolute Gasteiger partial charge is 0.410 e. The fourth-order valence-electron chi connectivity index (χ4n) is 7.16. The summed E-state index contributed by atoms with van der Waals surface area (Å²) in [6.07, 6.45) is 4.54. The molecule has 14 heteroatoms. The zero-order valence-electron chi connectivity index (χ0n) is 30.8. The normalized spacial score (nSPS) is 18.6. The first-order valence-electron chi connectivity index (χ1n) is 17.8. The summed E-state index contributed by atoms with van der Waals surface area (Å²) < 4.78 is 42.2. The number of fused-ring (bicyclic) bond motifs is 1. The number of aromatic nitrogens is 6. The summed E-state index contributed by atoms with van der Waals surface area (Å²) in [5.41, 5.74) is 4.70. The van der Waals surface area contributed by atoms with E-state index in [1.54, 1.807) is 41.4 Å². The number of anilines is 1. The van der Waals surface area contributed by atoms with E-state index in [4.69, 9.17) is 24.5 Å². The Hall–Kier alpha value is -4.82. The van der Waals surface area contributed by atoms with Gasteiger partial charge in [-0.3, -0.25) is 4.68 Å². The Kier molecular flexibility index (Phi) is 9.32. The van der Waals surface area contributed by atoms with Crippen LogP contribution >= 0.6 is 0 Å². The molecular formula is C38H46N8O5S. The summed E-state index contributed by atoms with van der Waals surface area (Å²) in [5, 5.41) is 5.63. The van der Waals surface area contributed by atoms with Gasteiger partial charge in [0.25, 0.3) is 10.0 Å². The quantitative estimate of drug-likeness (QED) is 0.196. The standard InChI is InChI=1S/C38H46N8O5S/c1-24-10-12-29(13-11-24)52(48,49)45-18-15-31-30(14-16-39-36(31)45)35-40-32(21-33(41-35)44-19-20-50-23-25(44)2)34-26(3)42-46(27(34)4)28-9-8-17-43(22-28)37(47)51-38(5,6)7/h10-16,18,21,25,28H,8-9,17,19-20,22-23H2,1-7H3/t25-,28?/m1/s1. The molecule has 2 fully saturated rings. The average Bonchev–Trinajstić information content (AvgIpc) is 3.68. The van der Waals surface area contributed by atoms with Crippen molar-refractivity contribution in [1.82, 2.24) is 33.6 Å². The van der Waals surface area contributed by atoms with Gasteiger partial charge in [-0.2, -0.15) is 5.10 Å². The number of benzene rings is 1. The summed E-state index contributed by atoms with van der Waals surface area (Å²) in [5.74, 6) is 1.19. The Morgan fingerprint density at radius 1 is 1.02 bits per heavy atom. The maximum absolute atomic E-state index is 13.8. The Morgan fingerprint density at radius 3 is 2.52 bits per heavy atom. The zero-order valence-corrected chi connectivity index (χ0v) is 31.6. The van der Waals surface area contributed by atoms with Crippen molar-refractivity contribution in [1.29, 1.82) is 0 Å². The second kappa shape index (κ2) is 13.6. The molecule has 6 heterocycles. The van der Waals surface area contributed by atoms with Crippen molar-refractivity contribution in [2.45, 2.75) is 83.9 Å². The van der Waals surface area contributed by atoms with Crippen molar-refractivity contribution < 1.29 is 22.7 Å². The molecule has 0 aliphatic carbocycles. The minimum atomic E-state index is -3.91. The fraction of sp³-hybridized carbons (Fsp3) is 0.447. The van der Waals surface area contributed by atoms with E-state index in [1.807, 2.05) is 58.4 Å². The number of piperidine rings is 1. The van der Waals surface area contributed by atoms with Crippen LogP contribution in [0.2, 0.25) is 0 Å². The largest absolute Gasteiger partial charge is 0.444 e. The highest BCUT2D eigenvalue weighted by Gasteiger charge is 2.32. The van der Waals surface area contributed by atoms with E-state index >= 15 is 0 Å². The van der Waals surface area contributed by atoms with Gasteiger partial charge in [-0.1, -0.05) is 17.7 Å². The first kappa shape index (κ1) is 35.6. The lowest BCUT2D eigenvalue weighted by atomic mass is 10.0. The molecule has 5 aromatic rings. The molecule has 2 aliphatic rings. The number of amides is 1. The van der Waals surface area contributed by atoms with Crippen LogP contribution in [0, 0.1) is 20.8 Å². The van der Waals surface area contributed by atoms with E-state index in [9.17, 15) is 13.2 Å². The van der Waals surface area contributed by atoms with E-state index < -0.39 is 15.6 Å². The Bertz CT molecular complexity index is 2240. The van der Waals surface area contributed by atoms with E-state index in [0.29, 0.717) is 61.0 Å². The molecule has 1 unspecified atom stereocenters. The van der Waals surface area contributed by atoms with Crippen molar-refractivity contribution >= 4 is 33.0 Å². The van der Waals surface area contributed by atoms with Gasteiger partial charge >= 0.3 is 6.09 Å². The topological polar surface area (TPSA) is 138 Å². The monoisotopic (exact) mass is 726 g/mol. The third-order valence-corrected chi connectivity index (χ3v) is 11.4. The van der Waals surface area contributed by atoms with Crippen molar-refractivity contribution in [2.75, 3.05) is 37.7 Å². The third kappa shape index (κ3) is 6.76. The fourth-order valence-corrected chi connectivity index (χ4v) is 8.46. The molecule has 52 heavy (non-hydrogen) atoms. The van der Waals surface area contributed by atoms with Crippen LogP contribution in [0.25, 0.3) is 33.7 Å². The summed E-state index contributed by atoms with van der Waals surface area (Å²) in [6, 6.07) is 12.4. The number of ether oxygens (including phenoxy) is 2. The van der Waals surface area contributed by atoms with Crippen LogP contribution in [0.3, 0.4) is 0 Å². The van der Waals surface area contributed by atoms with E-state index in [-0.39, 0.29) is 23.1 Å². The van der Waals surface area contributed by atoms with Gasteiger partial charge in [0.15, 0.2) is 11.5 Å². The number of hydrogen-bond acceptors (Lipinski definition) is 10. The number of carbonyl (C=O) groups excluding carboxylic acids is 1. The molecule has 1 amide bonds. The van der Waals surface area contributed by atoms with Crippen molar-refractivity contribution in [2.24, 2.45) is 0 Å². The molecular weight excluding hydrogens is 681 g/mol. The van der Waals surface area contributed by atoms with Crippen LogP contribution in [-0.4, -0.2) is 92.6 Å². The van der Waals surface area contributed by atoms with Gasteiger partial charge in [0.1, 0.15) is 11.4 Å². The Balaban J connectivity index is 1.31. The number of rotatable bonds is 6. The van der Waals surface area contributed by atoms with Crippen molar-refractivity contribution in [3.8, 4) is 22.6 Å². The van der Waals surface area contributed by atoms with Crippen molar-refractivity contribution in [3.05, 3.63) is 71.8 Å². The average molecular weight is 727 g/mol. The lowest BCUT2D eigenvalue weighted by Crippen LogP contribution is -2.44. The first-order chi connectivity index (χ1) is 24.7. The minimum absolute atomic E-state index is 0.0242. The molecule has 274 valence electrons. The van der Waals surface area contributed by atoms with E-state index in [2.05, 4.69) is 16.8 Å². The molecule has 1 aromatic carbocycles. The molecule has 0 bridgehead atoms. The van der Waals surface area contributed by atoms with E-state index in [0.717, 1.165) is 41.2 Å². The Labute approximate surface area is 304 Å². The number of nitrogens with zero attached hydrogens (tertiary/aromatic N) is 8. The predicted molar refractivity (Wildman–Crippen MR) is 199 cm³/mol. The van der Waals surface area contributed by atoms with Crippen LogP contribution in [0.1, 0.15) is 63.5 Å². The third-order valence-electron chi connectivity index (χ3n) is 9.72. The molecule has 2 saturated heterocycles. The van der Waals surface area contributed by atoms with Crippen LogP contribution in [-0.2, 0) is 19.5 Å². The Morgan fingerprint density at radius 2 is 1.79 bits per heavy atom. The number of aryl methyl sites for hydroxylation is 2. The van der Waals surface area contributed by atoms with Crippen LogP contribution in [0.5, 0.6) is 0 Å². The van der Waals surface area contributed by atoms with Gasteiger partial charge in [-0.05, 0) is 85.6 Å². The minimum Gasteiger partial charge on any atom is -0.444 e. The highest BCUT2D eigenvalue weighted by Crippen LogP contribution is 2.36. The van der Waals surface area contributed by atoms with Gasteiger partial charge in [0.05, 0.1) is 41.6 Å². The maximum atomic E-state index is 13.8. The van der Waals surface area contributed by atoms with Crippen LogP contribution in [0.4, 0.5) is 10.6 Å². The molecule has 13 nitrogen and oxygen atoms in total. The summed E-state index contributed by atoms with van der Waals surface area (Å²) in [7, 11) is -3.91. The van der Waals surface area contributed by atoms with E-state index in [1.165, 1.54) is 10.2 Å². The lowest BCUT2D eigenvalue weighted by Gasteiger charge is -2.34. The van der Waals surface area contributed by atoms with Gasteiger partial charge < -0.3 is 19.3 Å². The van der Waals surface area contributed by atoms with Gasteiger partial charge in [-0.15, -0.1) is 0 Å². The molecule has 0 spiro atoms. The highest BCUT2D eigenvalue weighted by atomic mass is 32.2. The van der Waals surface area contributed by atoms with Crippen molar-refractivity contribution in [3.63, 3.8) is 0 Å². The predicted octanol–water partition coefficient (Wildman–Crippen LogP) is 6.32. The maximum Gasteiger partial charge on any atom is 0.410 e. The molecule has 2 aliphatic heterocycles. The van der Waals surface area contributed by atoms with Gasteiger partial charge in [-0.25, -0.2) is 32.1 Å². The summed E-state index contributed by atoms with van der Waals surface area (Å²) >= 11 is 0. The highest BCUT2D eigenvalue weighted by molar-refractivity contribution is 7.90. The molecule has 4 aromatic heterocycles. The van der Waals surface area contributed by atoms with Gasteiger partial charge in [0.2, 0.25) is 0 Å². The molecule has 2 atom stereocenters. The van der Waals surface area contributed by atoms with Gasteiger partial charge in [0, 0.05) is 60.3 Å². The molecule has 7 rings (SSSR count). The zero-order chi connectivity index (χ0) is 36.9.